The van der Waals surface area contributed by atoms with Gasteiger partial charge in [-0.2, -0.15) is 9.40 Å². The van der Waals surface area contributed by atoms with Gasteiger partial charge in [-0.25, -0.2) is 18.1 Å². The SMILES string of the molecule is CS(=O)(=O)N1CCN(C(=O)c2ccc(Cn3cncn3)cc2)CC1. The number of carbonyl (C=O) groups is 1. The molecule has 24 heavy (non-hydrogen) atoms. The van der Waals surface area contributed by atoms with Crippen LogP contribution in [0.2, 0.25) is 0 Å². The summed E-state index contributed by atoms with van der Waals surface area (Å²) in [6.07, 6.45) is 4.31. The van der Waals surface area contributed by atoms with E-state index in [1.165, 1.54) is 16.9 Å². The van der Waals surface area contributed by atoms with E-state index in [2.05, 4.69) is 10.1 Å². The molecule has 1 aliphatic rings. The van der Waals surface area contributed by atoms with Gasteiger partial charge in [0.15, 0.2) is 0 Å². The van der Waals surface area contributed by atoms with Crippen molar-refractivity contribution in [3.8, 4) is 0 Å². The van der Waals surface area contributed by atoms with E-state index in [0.717, 1.165) is 5.56 Å². The third kappa shape index (κ3) is 3.80. The average molecular weight is 349 g/mol. The second kappa shape index (κ2) is 6.70. The van der Waals surface area contributed by atoms with Crippen molar-refractivity contribution in [1.82, 2.24) is 24.0 Å². The molecule has 0 N–H and O–H groups in total. The summed E-state index contributed by atoms with van der Waals surface area (Å²) < 4.78 is 26.1. The van der Waals surface area contributed by atoms with Crippen LogP contribution < -0.4 is 0 Å². The monoisotopic (exact) mass is 349 g/mol. The first-order valence-electron chi connectivity index (χ1n) is 7.59. The number of sulfonamides is 1. The summed E-state index contributed by atoms with van der Waals surface area (Å²) in [7, 11) is -3.19. The number of benzene rings is 1. The molecule has 9 heteroatoms. The second-order valence-electron chi connectivity index (χ2n) is 5.74. The normalized spacial score (nSPS) is 16.3. The first-order valence-corrected chi connectivity index (χ1v) is 9.44. The molecule has 2 aromatic rings. The Hall–Kier alpha value is -2.26. The first kappa shape index (κ1) is 16.6. The lowest BCUT2D eigenvalue weighted by molar-refractivity contribution is 0.0698. The van der Waals surface area contributed by atoms with E-state index in [1.807, 2.05) is 12.1 Å². The Morgan fingerprint density at radius 1 is 1.12 bits per heavy atom. The molecule has 1 aliphatic heterocycles. The van der Waals surface area contributed by atoms with Crippen LogP contribution in [0.15, 0.2) is 36.9 Å². The fraction of sp³-hybridized carbons (Fsp3) is 0.400. The van der Waals surface area contributed by atoms with Gasteiger partial charge in [0.25, 0.3) is 5.91 Å². The van der Waals surface area contributed by atoms with Crippen LogP contribution in [-0.2, 0) is 16.6 Å². The molecule has 3 rings (SSSR count). The highest BCUT2D eigenvalue weighted by molar-refractivity contribution is 7.88. The van der Waals surface area contributed by atoms with E-state index in [4.69, 9.17) is 0 Å². The van der Waals surface area contributed by atoms with Crippen LogP contribution >= 0.6 is 0 Å². The molecule has 0 bridgehead atoms. The molecular weight excluding hydrogens is 330 g/mol. The lowest BCUT2D eigenvalue weighted by Crippen LogP contribution is -2.50. The molecule has 0 unspecified atom stereocenters. The predicted octanol–water partition coefficient (Wildman–Crippen LogP) is 0.0438. The number of hydrogen-bond acceptors (Lipinski definition) is 5. The van der Waals surface area contributed by atoms with Gasteiger partial charge in [0, 0.05) is 31.7 Å². The largest absolute Gasteiger partial charge is 0.336 e. The molecule has 1 amide bonds. The van der Waals surface area contributed by atoms with Crippen molar-refractivity contribution in [3.05, 3.63) is 48.0 Å². The van der Waals surface area contributed by atoms with Crippen LogP contribution in [0.1, 0.15) is 15.9 Å². The van der Waals surface area contributed by atoms with Crippen molar-refractivity contribution >= 4 is 15.9 Å². The van der Waals surface area contributed by atoms with Crippen LogP contribution in [0, 0.1) is 0 Å². The van der Waals surface area contributed by atoms with Gasteiger partial charge in [0.2, 0.25) is 10.0 Å². The highest BCUT2D eigenvalue weighted by Crippen LogP contribution is 2.12. The maximum absolute atomic E-state index is 12.5. The van der Waals surface area contributed by atoms with Crippen molar-refractivity contribution in [2.24, 2.45) is 0 Å². The molecule has 1 aromatic heterocycles. The Morgan fingerprint density at radius 2 is 1.79 bits per heavy atom. The Labute approximate surface area is 140 Å². The zero-order valence-electron chi connectivity index (χ0n) is 13.4. The minimum Gasteiger partial charge on any atom is -0.336 e. The fourth-order valence-electron chi connectivity index (χ4n) is 2.66. The molecule has 0 atom stereocenters. The van der Waals surface area contributed by atoms with Crippen molar-refractivity contribution in [3.63, 3.8) is 0 Å². The zero-order valence-corrected chi connectivity index (χ0v) is 14.2. The molecule has 1 fully saturated rings. The number of carbonyl (C=O) groups excluding carboxylic acids is 1. The van der Waals surface area contributed by atoms with Gasteiger partial charge in [-0.1, -0.05) is 12.1 Å². The lowest BCUT2D eigenvalue weighted by atomic mass is 10.1. The van der Waals surface area contributed by atoms with Crippen LogP contribution in [0.25, 0.3) is 0 Å². The van der Waals surface area contributed by atoms with Crippen LogP contribution in [0.3, 0.4) is 0 Å². The molecule has 128 valence electrons. The molecule has 0 aliphatic carbocycles. The summed E-state index contributed by atoms with van der Waals surface area (Å²) in [5, 5.41) is 4.05. The Balaban J connectivity index is 1.61. The van der Waals surface area contributed by atoms with E-state index in [9.17, 15) is 13.2 Å². The van der Waals surface area contributed by atoms with Crippen molar-refractivity contribution in [2.75, 3.05) is 32.4 Å². The Bertz CT molecular complexity index is 794. The van der Waals surface area contributed by atoms with E-state index >= 15 is 0 Å². The third-order valence-electron chi connectivity index (χ3n) is 4.01. The van der Waals surface area contributed by atoms with Gasteiger partial charge >= 0.3 is 0 Å². The third-order valence-corrected chi connectivity index (χ3v) is 5.31. The van der Waals surface area contributed by atoms with Gasteiger partial charge < -0.3 is 4.90 Å². The summed E-state index contributed by atoms with van der Waals surface area (Å²) in [5.74, 6) is -0.0737. The zero-order chi connectivity index (χ0) is 17.2. The van der Waals surface area contributed by atoms with E-state index in [0.29, 0.717) is 38.3 Å². The van der Waals surface area contributed by atoms with Gasteiger partial charge in [-0.05, 0) is 17.7 Å². The smallest absolute Gasteiger partial charge is 0.253 e. The maximum atomic E-state index is 12.5. The van der Waals surface area contributed by atoms with Gasteiger partial charge in [-0.15, -0.1) is 0 Å². The molecule has 1 aromatic carbocycles. The minimum atomic E-state index is -3.19. The molecule has 0 saturated carbocycles. The number of rotatable bonds is 4. The van der Waals surface area contributed by atoms with E-state index in [-0.39, 0.29) is 5.91 Å². The Morgan fingerprint density at radius 3 is 2.33 bits per heavy atom. The van der Waals surface area contributed by atoms with Crippen LogP contribution in [0.5, 0.6) is 0 Å². The van der Waals surface area contributed by atoms with Crippen molar-refractivity contribution in [1.29, 1.82) is 0 Å². The topological polar surface area (TPSA) is 88.4 Å². The number of hydrogen-bond donors (Lipinski definition) is 0. The second-order valence-corrected chi connectivity index (χ2v) is 7.73. The van der Waals surface area contributed by atoms with Gasteiger partial charge in [0.1, 0.15) is 12.7 Å². The van der Waals surface area contributed by atoms with Crippen LogP contribution in [0.4, 0.5) is 0 Å². The van der Waals surface area contributed by atoms with Crippen molar-refractivity contribution in [2.45, 2.75) is 6.54 Å². The summed E-state index contributed by atoms with van der Waals surface area (Å²) in [4.78, 5) is 18.1. The summed E-state index contributed by atoms with van der Waals surface area (Å²) in [6, 6.07) is 7.36. The van der Waals surface area contributed by atoms with E-state index in [1.54, 1.807) is 28.0 Å². The number of amides is 1. The van der Waals surface area contributed by atoms with E-state index < -0.39 is 10.0 Å². The first-order chi connectivity index (χ1) is 11.4. The molecule has 8 nitrogen and oxygen atoms in total. The molecule has 0 radical (unpaired) electrons. The number of aromatic nitrogens is 3. The lowest BCUT2D eigenvalue weighted by Gasteiger charge is -2.33. The summed E-state index contributed by atoms with van der Waals surface area (Å²) >= 11 is 0. The standard InChI is InChI=1S/C15H19N5O3S/c1-24(22,23)20-8-6-18(7-9-20)15(21)14-4-2-13(3-5-14)10-19-12-16-11-17-19/h2-5,11-12H,6-10H2,1H3. The predicted molar refractivity (Wildman–Crippen MR) is 87.9 cm³/mol. The van der Waals surface area contributed by atoms with Gasteiger partial charge in [0.05, 0.1) is 12.8 Å². The molecule has 2 heterocycles. The summed E-state index contributed by atoms with van der Waals surface area (Å²) in [6.45, 7) is 2.10. The maximum Gasteiger partial charge on any atom is 0.253 e. The average Bonchev–Trinajstić information content (AvgIpc) is 3.07. The minimum absolute atomic E-state index is 0.0737. The number of nitrogens with zero attached hydrogens (tertiary/aromatic N) is 5. The summed E-state index contributed by atoms with van der Waals surface area (Å²) in [5.41, 5.74) is 1.63. The molecule has 1 saturated heterocycles. The number of piperazine rings is 1. The Kier molecular flexibility index (Phi) is 4.63. The molecule has 0 spiro atoms. The quantitative estimate of drug-likeness (QED) is 0.778. The van der Waals surface area contributed by atoms with Gasteiger partial charge in [-0.3, -0.25) is 4.79 Å². The fourth-order valence-corrected chi connectivity index (χ4v) is 3.49. The van der Waals surface area contributed by atoms with Crippen LogP contribution in [-0.4, -0.2) is 70.7 Å². The molecular formula is C15H19N5O3S. The highest BCUT2D eigenvalue weighted by Gasteiger charge is 2.26. The van der Waals surface area contributed by atoms with Crippen molar-refractivity contribution < 1.29 is 13.2 Å². The highest BCUT2D eigenvalue weighted by atomic mass is 32.2.